The Morgan fingerprint density at radius 1 is 0.276 bits per heavy atom. The van der Waals surface area contributed by atoms with Gasteiger partial charge in [0.15, 0.2) is 0 Å². The van der Waals surface area contributed by atoms with Crippen LogP contribution in [0, 0.1) is 59.2 Å². The molecule has 0 radical (unpaired) electrons. The first-order chi connectivity index (χ1) is 42.3. The third kappa shape index (κ3) is 59.2. The zero-order valence-electron chi connectivity index (χ0n) is 61.3. The molecule has 0 saturated heterocycles. The average Bonchev–Trinajstić information content (AvgIpc) is 4.14. The van der Waals surface area contributed by atoms with E-state index in [0.29, 0.717) is 13.2 Å². The molecule has 0 spiro atoms. The predicted molar refractivity (Wildman–Crippen MR) is 381 cm³/mol. The van der Waals surface area contributed by atoms with Crippen molar-refractivity contribution in [2.45, 2.75) is 358 Å². The van der Waals surface area contributed by atoms with Crippen LogP contribution in [-0.4, -0.2) is 105 Å². The van der Waals surface area contributed by atoms with E-state index in [4.69, 9.17) is 28.4 Å². The minimum atomic E-state index is 0.156. The number of rotatable bonds is 70. The molecule has 522 valence electrons. The molecule has 0 aromatic carbocycles. The van der Waals surface area contributed by atoms with Crippen molar-refractivity contribution < 1.29 is 28.4 Å². The number of nitrogens with one attached hydrogen (secondary N) is 2. The maximum Gasteiger partial charge on any atom is 0.0932 e. The van der Waals surface area contributed by atoms with E-state index in [1.807, 2.05) is 14.1 Å². The number of unbranched alkanes of at least 4 members (excludes halogenated alkanes) is 18. The van der Waals surface area contributed by atoms with Crippen LogP contribution < -0.4 is 10.6 Å². The number of likely N-dealkylation sites (N-methyl/N-ethyl adjacent to an activating group) is 2. The quantitative estimate of drug-likeness (QED) is 0.0583. The fraction of sp³-hybridized carbons (Fsp3) is 1.00. The third-order valence-electron chi connectivity index (χ3n) is 19.9. The largest absolute Gasteiger partial charge is 0.381 e. The van der Waals surface area contributed by atoms with Gasteiger partial charge in [-0.1, -0.05) is 288 Å². The molecule has 8 heteroatoms. The van der Waals surface area contributed by atoms with Crippen LogP contribution in [0.4, 0.5) is 0 Å². The first-order valence-corrected chi connectivity index (χ1v) is 39.1. The van der Waals surface area contributed by atoms with Crippen molar-refractivity contribution >= 4 is 0 Å². The molecule has 0 aromatic rings. The van der Waals surface area contributed by atoms with Crippen LogP contribution in [0.25, 0.3) is 0 Å². The van der Waals surface area contributed by atoms with E-state index < -0.39 is 0 Å². The van der Waals surface area contributed by atoms with Gasteiger partial charge in [-0.15, -0.1) is 0 Å². The lowest BCUT2D eigenvalue weighted by Crippen LogP contribution is -2.31. The molecule has 0 heterocycles. The number of hydrogen-bond donors (Lipinski definition) is 2. The first kappa shape index (κ1) is 84.7. The maximum atomic E-state index is 6.30. The van der Waals surface area contributed by atoms with Crippen molar-refractivity contribution in [3.8, 4) is 0 Å². The fourth-order valence-corrected chi connectivity index (χ4v) is 13.6. The second-order valence-electron chi connectivity index (χ2n) is 30.6. The lowest BCUT2D eigenvalue weighted by molar-refractivity contribution is -0.0194. The van der Waals surface area contributed by atoms with E-state index in [1.165, 1.54) is 263 Å². The Balaban J connectivity index is 1.85. The Labute approximate surface area is 546 Å². The molecule has 0 bridgehead atoms. The van der Waals surface area contributed by atoms with E-state index in [9.17, 15) is 0 Å². The summed E-state index contributed by atoms with van der Waals surface area (Å²) in [4.78, 5) is 0. The molecule has 8 nitrogen and oxygen atoms in total. The average molecular weight is 1230 g/mol. The van der Waals surface area contributed by atoms with Crippen LogP contribution >= 0.6 is 0 Å². The Kier molecular flexibility index (Phi) is 61.4. The van der Waals surface area contributed by atoms with Gasteiger partial charge in [-0.3, -0.25) is 0 Å². The molecule has 0 aliphatic heterocycles. The van der Waals surface area contributed by atoms with Crippen molar-refractivity contribution in [2.24, 2.45) is 59.2 Å². The molecule has 1 aliphatic carbocycles. The summed E-state index contributed by atoms with van der Waals surface area (Å²) in [5.74, 6) is 8.20. The van der Waals surface area contributed by atoms with Gasteiger partial charge < -0.3 is 39.1 Å². The van der Waals surface area contributed by atoms with E-state index in [2.05, 4.69) is 79.9 Å². The van der Waals surface area contributed by atoms with Gasteiger partial charge in [-0.25, -0.2) is 0 Å². The van der Waals surface area contributed by atoms with E-state index in [1.54, 1.807) is 0 Å². The van der Waals surface area contributed by atoms with Gasteiger partial charge in [0.05, 0.1) is 25.4 Å². The molecule has 1 saturated carbocycles. The SMILES string of the molecule is CNC[C@H](COCCCCCCCCCCCCOC[C@@H]1CC[C@H](COCCCCCCCCCCCCOC[C@H](CNC)OCCC(C)CCC[C@H](C)CCC[C@H](C)CCCC(C)C)C1)OCCC(C)CCC[C@H](C)CCC[C@H](C)CCCC(C)C. The van der Waals surface area contributed by atoms with Gasteiger partial charge in [0.2, 0.25) is 0 Å². The van der Waals surface area contributed by atoms with Crippen molar-refractivity contribution in [1.82, 2.24) is 10.6 Å². The van der Waals surface area contributed by atoms with Crippen LogP contribution in [-0.2, 0) is 28.4 Å². The van der Waals surface area contributed by atoms with Gasteiger partial charge in [-0.05, 0) is 131 Å². The molecule has 1 aliphatic rings. The molecular weight excluding hydrogens is 1070 g/mol. The zero-order valence-corrected chi connectivity index (χ0v) is 61.3. The number of hydrogen-bond acceptors (Lipinski definition) is 8. The van der Waals surface area contributed by atoms with Crippen molar-refractivity contribution in [1.29, 1.82) is 0 Å². The van der Waals surface area contributed by atoms with Crippen LogP contribution in [0.2, 0.25) is 0 Å². The number of ether oxygens (including phenoxy) is 6. The summed E-state index contributed by atoms with van der Waals surface area (Å²) in [6, 6.07) is 0. The summed E-state index contributed by atoms with van der Waals surface area (Å²) in [5, 5.41) is 6.63. The highest BCUT2D eigenvalue weighted by Crippen LogP contribution is 2.32. The second-order valence-corrected chi connectivity index (χ2v) is 30.6. The first-order valence-electron chi connectivity index (χ1n) is 39.1. The van der Waals surface area contributed by atoms with Crippen LogP contribution in [0.15, 0.2) is 0 Å². The smallest absolute Gasteiger partial charge is 0.0932 e. The Morgan fingerprint density at radius 3 is 0.782 bits per heavy atom. The molecule has 10 atom stereocenters. The summed E-state index contributed by atoms with van der Waals surface area (Å²) in [6.07, 6.45) is 58.0. The molecule has 87 heavy (non-hydrogen) atoms. The van der Waals surface area contributed by atoms with Crippen LogP contribution in [0.1, 0.15) is 345 Å². The fourth-order valence-electron chi connectivity index (χ4n) is 13.6. The topological polar surface area (TPSA) is 79.4 Å². The van der Waals surface area contributed by atoms with Gasteiger partial charge in [0, 0.05) is 65.9 Å². The van der Waals surface area contributed by atoms with Crippen LogP contribution in [0.3, 0.4) is 0 Å². The normalized spacial score (nSPS) is 17.6. The molecule has 1 rings (SSSR count). The highest BCUT2D eigenvalue weighted by Gasteiger charge is 2.25. The Bertz CT molecular complexity index is 1260. The summed E-state index contributed by atoms with van der Waals surface area (Å²) < 4.78 is 37.1. The standard InChI is InChI=1S/C79H160N2O6/c1-68(2)39-33-41-70(5)43-35-45-72(7)47-37-49-74(9)53-59-86-78(62-80-11)66-84-57-31-27-23-19-15-13-17-21-25-29-55-82-64-76-51-52-77(61-76)65-83-56-30-26-22-18-14-16-20-24-28-32-58-85-67-79(63-81-12)87-60-54-75(10)50-38-48-73(8)46-36-44-71(6)42-34-40-69(3)4/h68-81H,13-67H2,1-12H3/t70-,71-,72-,73-,74?,75?,76-,77+,78-,79+/m1/s1. The van der Waals surface area contributed by atoms with Crippen molar-refractivity contribution in [2.75, 3.05) is 93.3 Å². The lowest BCUT2D eigenvalue weighted by atomic mass is 9.91. The molecule has 0 amide bonds. The molecule has 2 N–H and O–H groups in total. The minimum absolute atomic E-state index is 0.156. The maximum absolute atomic E-state index is 6.30. The van der Waals surface area contributed by atoms with Crippen LogP contribution in [0.5, 0.6) is 0 Å². The van der Waals surface area contributed by atoms with Gasteiger partial charge in [-0.2, -0.15) is 0 Å². The van der Waals surface area contributed by atoms with E-state index >= 15 is 0 Å². The highest BCUT2D eigenvalue weighted by atomic mass is 16.5. The van der Waals surface area contributed by atoms with E-state index in [-0.39, 0.29) is 12.2 Å². The second kappa shape index (κ2) is 63.1. The lowest BCUT2D eigenvalue weighted by Gasteiger charge is -2.20. The van der Waals surface area contributed by atoms with E-state index in [0.717, 1.165) is 138 Å². The van der Waals surface area contributed by atoms with Crippen molar-refractivity contribution in [3.63, 3.8) is 0 Å². The van der Waals surface area contributed by atoms with Gasteiger partial charge in [0.1, 0.15) is 0 Å². The van der Waals surface area contributed by atoms with Crippen molar-refractivity contribution in [3.05, 3.63) is 0 Å². The predicted octanol–water partition coefficient (Wildman–Crippen LogP) is 22.4. The summed E-state index contributed by atoms with van der Waals surface area (Å²) >= 11 is 0. The van der Waals surface area contributed by atoms with Gasteiger partial charge >= 0.3 is 0 Å². The zero-order chi connectivity index (χ0) is 63.5. The Morgan fingerprint density at radius 2 is 0.517 bits per heavy atom. The highest BCUT2D eigenvalue weighted by molar-refractivity contribution is 4.75. The molecule has 2 unspecified atom stereocenters. The molecular formula is C79H160N2O6. The summed E-state index contributed by atoms with van der Waals surface area (Å²) in [5.41, 5.74) is 0. The Hall–Kier alpha value is -0.320. The minimum Gasteiger partial charge on any atom is -0.381 e. The summed E-state index contributed by atoms with van der Waals surface area (Å²) in [7, 11) is 4.04. The molecule has 0 aromatic heterocycles. The summed E-state index contributed by atoms with van der Waals surface area (Å²) in [6.45, 7) is 34.5. The third-order valence-corrected chi connectivity index (χ3v) is 19.9. The molecule has 1 fully saturated rings. The monoisotopic (exact) mass is 1230 g/mol. The van der Waals surface area contributed by atoms with Gasteiger partial charge in [0.25, 0.3) is 0 Å².